The lowest BCUT2D eigenvalue weighted by Crippen LogP contribution is -2.29. The van der Waals surface area contributed by atoms with E-state index in [1.165, 1.54) is 5.56 Å². The first-order valence-electron chi connectivity index (χ1n) is 8.46. The average Bonchev–Trinajstić information content (AvgIpc) is 2.61. The van der Waals surface area contributed by atoms with Crippen molar-refractivity contribution in [2.75, 3.05) is 19.8 Å². The van der Waals surface area contributed by atoms with Gasteiger partial charge in [-0.1, -0.05) is 34.1 Å². The number of halogens is 1. The second-order valence-corrected chi connectivity index (χ2v) is 6.55. The van der Waals surface area contributed by atoms with Gasteiger partial charge in [-0.05, 0) is 62.1 Å². The smallest absolute Gasteiger partial charge is 0.257 e. The molecule has 1 N–H and O–H groups in total. The predicted octanol–water partition coefficient (Wildman–Crippen LogP) is 4.28. The molecule has 0 radical (unpaired) electrons. The van der Waals surface area contributed by atoms with Crippen LogP contribution >= 0.6 is 15.9 Å². The summed E-state index contributed by atoms with van der Waals surface area (Å²) in [6, 6.07) is 13.7. The van der Waals surface area contributed by atoms with Crippen molar-refractivity contribution in [3.05, 3.63) is 58.1 Å². The number of hydrogen-bond donors (Lipinski definition) is 1. The lowest BCUT2D eigenvalue weighted by atomic mass is 10.1. The van der Waals surface area contributed by atoms with Gasteiger partial charge in [-0.2, -0.15) is 0 Å². The Morgan fingerprint density at radius 2 is 1.96 bits per heavy atom. The number of aryl methyl sites for hydroxylation is 2. The Kier molecular flexibility index (Phi) is 7.79. The molecule has 0 saturated carbocycles. The molecule has 0 bridgehead atoms. The third kappa shape index (κ3) is 6.42. The number of carbonyl (C=O) groups excluding carboxylic acids is 1. The van der Waals surface area contributed by atoms with Gasteiger partial charge in [0.15, 0.2) is 6.61 Å². The van der Waals surface area contributed by atoms with Gasteiger partial charge >= 0.3 is 0 Å². The van der Waals surface area contributed by atoms with Crippen molar-refractivity contribution in [2.45, 2.75) is 26.7 Å². The zero-order chi connectivity index (χ0) is 18.1. The minimum atomic E-state index is -0.112. The Morgan fingerprint density at radius 3 is 2.72 bits per heavy atom. The maximum atomic E-state index is 11.9. The van der Waals surface area contributed by atoms with Crippen molar-refractivity contribution in [3.63, 3.8) is 0 Å². The van der Waals surface area contributed by atoms with E-state index in [1.807, 2.05) is 50.2 Å². The number of nitrogens with one attached hydrogen (secondary N) is 1. The molecule has 0 aliphatic heterocycles. The summed E-state index contributed by atoms with van der Waals surface area (Å²) in [7, 11) is 0. The maximum Gasteiger partial charge on any atom is 0.257 e. The highest BCUT2D eigenvalue weighted by atomic mass is 79.9. The van der Waals surface area contributed by atoms with Crippen LogP contribution in [0.3, 0.4) is 0 Å². The van der Waals surface area contributed by atoms with E-state index in [2.05, 4.69) is 27.3 Å². The Morgan fingerprint density at radius 1 is 1.16 bits per heavy atom. The first-order valence-corrected chi connectivity index (χ1v) is 9.25. The molecule has 0 saturated heterocycles. The van der Waals surface area contributed by atoms with E-state index in [1.54, 1.807) is 0 Å². The topological polar surface area (TPSA) is 47.6 Å². The summed E-state index contributed by atoms with van der Waals surface area (Å²) >= 11 is 3.44. The monoisotopic (exact) mass is 405 g/mol. The number of ether oxygens (including phenoxy) is 2. The Labute approximate surface area is 157 Å². The summed E-state index contributed by atoms with van der Waals surface area (Å²) in [5.74, 6) is 1.51. The SMILES string of the molecule is CCOc1ccccc1CCCNC(=O)COc1ccc(Br)c(C)c1. The summed E-state index contributed by atoms with van der Waals surface area (Å²) in [5.41, 5.74) is 2.24. The van der Waals surface area contributed by atoms with E-state index in [9.17, 15) is 4.79 Å². The second kappa shape index (κ2) is 10.1. The predicted molar refractivity (Wildman–Crippen MR) is 103 cm³/mol. The Bertz CT molecular complexity index is 703. The quantitative estimate of drug-likeness (QED) is 0.633. The standard InChI is InChI=1S/C20H24BrNO3/c1-3-24-19-9-5-4-7-16(19)8-6-12-22-20(23)14-25-17-10-11-18(21)15(2)13-17/h4-5,7,9-11,13H,3,6,8,12,14H2,1-2H3,(H,22,23). The number of benzene rings is 2. The molecule has 4 nitrogen and oxygen atoms in total. The molecule has 0 unspecified atom stereocenters. The normalized spacial score (nSPS) is 10.4. The number of para-hydroxylation sites is 1. The minimum absolute atomic E-state index is 0.0244. The molecule has 0 atom stereocenters. The summed E-state index contributed by atoms with van der Waals surface area (Å²) in [6.45, 7) is 5.25. The fourth-order valence-electron chi connectivity index (χ4n) is 2.42. The molecule has 1 amide bonds. The zero-order valence-corrected chi connectivity index (χ0v) is 16.3. The van der Waals surface area contributed by atoms with Crippen LogP contribution < -0.4 is 14.8 Å². The van der Waals surface area contributed by atoms with E-state index >= 15 is 0 Å². The largest absolute Gasteiger partial charge is 0.494 e. The molecular weight excluding hydrogens is 382 g/mol. The van der Waals surface area contributed by atoms with Crippen LogP contribution in [0.15, 0.2) is 46.9 Å². The van der Waals surface area contributed by atoms with Crippen LogP contribution in [0.1, 0.15) is 24.5 Å². The maximum absolute atomic E-state index is 11.9. The number of rotatable bonds is 9. The fourth-order valence-corrected chi connectivity index (χ4v) is 2.67. The van der Waals surface area contributed by atoms with Gasteiger partial charge in [-0.15, -0.1) is 0 Å². The van der Waals surface area contributed by atoms with Gasteiger partial charge < -0.3 is 14.8 Å². The third-order valence-electron chi connectivity index (χ3n) is 3.72. The van der Waals surface area contributed by atoms with Crippen molar-refractivity contribution in [3.8, 4) is 11.5 Å². The molecule has 2 aromatic rings. The highest BCUT2D eigenvalue weighted by molar-refractivity contribution is 9.10. The van der Waals surface area contributed by atoms with Gasteiger partial charge in [0.25, 0.3) is 5.91 Å². The van der Waals surface area contributed by atoms with E-state index < -0.39 is 0 Å². The van der Waals surface area contributed by atoms with E-state index in [0.717, 1.165) is 28.6 Å². The van der Waals surface area contributed by atoms with E-state index in [0.29, 0.717) is 18.9 Å². The summed E-state index contributed by atoms with van der Waals surface area (Å²) in [6.07, 6.45) is 1.72. The molecule has 2 aromatic carbocycles. The lowest BCUT2D eigenvalue weighted by Gasteiger charge is -2.11. The van der Waals surface area contributed by atoms with Crippen molar-refractivity contribution >= 4 is 21.8 Å². The molecule has 0 spiro atoms. The van der Waals surface area contributed by atoms with Crippen LogP contribution in [0.4, 0.5) is 0 Å². The minimum Gasteiger partial charge on any atom is -0.494 e. The van der Waals surface area contributed by atoms with Crippen LogP contribution in [0.2, 0.25) is 0 Å². The molecule has 5 heteroatoms. The number of carbonyl (C=O) groups is 1. The molecule has 0 aromatic heterocycles. The summed E-state index contributed by atoms with van der Waals surface area (Å²) < 4.78 is 12.2. The Hall–Kier alpha value is -2.01. The van der Waals surface area contributed by atoms with Crippen LogP contribution in [0.5, 0.6) is 11.5 Å². The summed E-state index contributed by atoms with van der Waals surface area (Å²) in [5, 5.41) is 2.89. The van der Waals surface area contributed by atoms with E-state index in [-0.39, 0.29) is 12.5 Å². The lowest BCUT2D eigenvalue weighted by molar-refractivity contribution is -0.123. The number of amides is 1. The van der Waals surface area contributed by atoms with Gasteiger partial charge in [0, 0.05) is 11.0 Å². The van der Waals surface area contributed by atoms with Gasteiger partial charge in [0.1, 0.15) is 11.5 Å². The van der Waals surface area contributed by atoms with Crippen molar-refractivity contribution < 1.29 is 14.3 Å². The average molecular weight is 406 g/mol. The highest BCUT2D eigenvalue weighted by Crippen LogP contribution is 2.21. The van der Waals surface area contributed by atoms with Crippen LogP contribution in [-0.2, 0) is 11.2 Å². The fraction of sp³-hybridized carbons (Fsp3) is 0.350. The van der Waals surface area contributed by atoms with Gasteiger partial charge in [-0.25, -0.2) is 0 Å². The van der Waals surface area contributed by atoms with Crippen LogP contribution in [0.25, 0.3) is 0 Å². The van der Waals surface area contributed by atoms with Crippen molar-refractivity contribution in [1.29, 1.82) is 0 Å². The zero-order valence-electron chi connectivity index (χ0n) is 14.7. The molecule has 0 aliphatic rings. The van der Waals surface area contributed by atoms with Crippen molar-refractivity contribution in [1.82, 2.24) is 5.32 Å². The third-order valence-corrected chi connectivity index (χ3v) is 4.61. The van der Waals surface area contributed by atoms with Gasteiger partial charge in [0.2, 0.25) is 0 Å². The number of hydrogen-bond acceptors (Lipinski definition) is 3. The van der Waals surface area contributed by atoms with Crippen LogP contribution in [-0.4, -0.2) is 25.7 Å². The van der Waals surface area contributed by atoms with Crippen LogP contribution in [0, 0.1) is 6.92 Å². The highest BCUT2D eigenvalue weighted by Gasteiger charge is 2.05. The Balaban J connectivity index is 1.69. The molecule has 0 aliphatic carbocycles. The van der Waals surface area contributed by atoms with E-state index in [4.69, 9.17) is 9.47 Å². The molecule has 2 rings (SSSR count). The first-order chi connectivity index (χ1) is 12.1. The first kappa shape index (κ1) is 19.3. The van der Waals surface area contributed by atoms with Gasteiger partial charge in [-0.3, -0.25) is 4.79 Å². The molecular formula is C20H24BrNO3. The molecule has 134 valence electrons. The second-order valence-electron chi connectivity index (χ2n) is 5.69. The molecule has 0 heterocycles. The van der Waals surface area contributed by atoms with Crippen molar-refractivity contribution in [2.24, 2.45) is 0 Å². The molecule has 0 fully saturated rings. The van der Waals surface area contributed by atoms with Gasteiger partial charge in [0.05, 0.1) is 6.61 Å². The molecule has 25 heavy (non-hydrogen) atoms. The summed E-state index contributed by atoms with van der Waals surface area (Å²) in [4.78, 5) is 11.9.